The average Bonchev–Trinajstić information content (AvgIpc) is 3.32. The van der Waals surface area contributed by atoms with Gasteiger partial charge >= 0.3 is 5.76 Å². The third kappa shape index (κ3) is 4.79. The zero-order chi connectivity index (χ0) is 20.9. The van der Waals surface area contributed by atoms with Crippen LogP contribution in [0.15, 0.2) is 62.3 Å². The molecule has 0 saturated heterocycles. The Hall–Kier alpha value is -3.36. The SMILES string of the molecule is Cc1nc(COCc2ccccc2)oc1COc1ccc(-c2noc(=O)[nH]2)c(Cl)c1. The molecule has 0 unspecified atom stereocenters. The smallest absolute Gasteiger partial charge is 0.439 e. The second-order valence-corrected chi connectivity index (χ2v) is 6.88. The highest BCUT2D eigenvalue weighted by atomic mass is 35.5. The molecule has 2 heterocycles. The number of oxazole rings is 1. The summed E-state index contributed by atoms with van der Waals surface area (Å²) in [6.45, 7) is 2.79. The third-order valence-electron chi connectivity index (χ3n) is 4.28. The molecule has 0 bridgehead atoms. The van der Waals surface area contributed by atoms with Crippen molar-refractivity contribution in [1.29, 1.82) is 0 Å². The van der Waals surface area contributed by atoms with E-state index in [0.29, 0.717) is 34.6 Å². The van der Waals surface area contributed by atoms with Gasteiger partial charge in [0.05, 0.1) is 17.3 Å². The predicted molar refractivity (Wildman–Crippen MR) is 108 cm³/mol. The fourth-order valence-corrected chi connectivity index (χ4v) is 3.05. The number of nitrogens with zero attached hydrogens (tertiary/aromatic N) is 2. The normalized spacial score (nSPS) is 11.0. The summed E-state index contributed by atoms with van der Waals surface area (Å²) in [6, 6.07) is 14.9. The lowest BCUT2D eigenvalue weighted by Crippen LogP contribution is -1.97. The van der Waals surface area contributed by atoms with Crippen molar-refractivity contribution in [2.24, 2.45) is 0 Å². The van der Waals surface area contributed by atoms with Crippen molar-refractivity contribution in [2.45, 2.75) is 26.7 Å². The number of hydrogen-bond acceptors (Lipinski definition) is 7. The number of hydrogen-bond donors (Lipinski definition) is 1. The van der Waals surface area contributed by atoms with Crippen LogP contribution in [0, 0.1) is 6.92 Å². The van der Waals surface area contributed by atoms with E-state index >= 15 is 0 Å². The van der Waals surface area contributed by atoms with Gasteiger partial charge in [0.1, 0.15) is 19.0 Å². The lowest BCUT2D eigenvalue weighted by molar-refractivity contribution is 0.0875. The van der Waals surface area contributed by atoms with Crippen molar-refractivity contribution >= 4 is 11.6 Å². The summed E-state index contributed by atoms with van der Waals surface area (Å²) < 4.78 is 21.7. The Kier molecular flexibility index (Phi) is 5.97. The lowest BCUT2D eigenvalue weighted by Gasteiger charge is -2.07. The number of ether oxygens (including phenoxy) is 2. The maximum atomic E-state index is 11.1. The van der Waals surface area contributed by atoms with Gasteiger partial charge in [-0.05, 0) is 30.7 Å². The first-order valence-electron chi connectivity index (χ1n) is 9.14. The average molecular weight is 428 g/mol. The number of nitrogens with one attached hydrogen (secondary N) is 1. The van der Waals surface area contributed by atoms with E-state index in [1.807, 2.05) is 37.3 Å². The Labute approximate surface area is 176 Å². The predicted octanol–water partition coefficient (Wildman–Crippen LogP) is 4.28. The fraction of sp³-hybridized carbons (Fsp3) is 0.190. The van der Waals surface area contributed by atoms with Crippen LogP contribution in [0.3, 0.4) is 0 Å². The molecule has 30 heavy (non-hydrogen) atoms. The zero-order valence-corrected chi connectivity index (χ0v) is 16.8. The molecule has 0 fully saturated rings. The summed E-state index contributed by atoms with van der Waals surface area (Å²) >= 11 is 6.26. The molecule has 0 aliphatic rings. The van der Waals surface area contributed by atoms with E-state index in [1.165, 1.54) is 0 Å². The van der Waals surface area contributed by atoms with Crippen LogP contribution >= 0.6 is 11.6 Å². The molecule has 4 aromatic rings. The van der Waals surface area contributed by atoms with Crippen LogP contribution in [0.2, 0.25) is 5.02 Å². The molecule has 0 atom stereocenters. The minimum Gasteiger partial charge on any atom is -0.486 e. The maximum absolute atomic E-state index is 11.1. The van der Waals surface area contributed by atoms with Crippen molar-refractivity contribution in [1.82, 2.24) is 15.1 Å². The minimum atomic E-state index is -0.647. The highest BCUT2D eigenvalue weighted by molar-refractivity contribution is 6.33. The highest BCUT2D eigenvalue weighted by Crippen LogP contribution is 2.29. The van der Waals surface area contributed by atoms with Crippen LogP contribution < -0.4 is 10.5 Å². The van der Waals surface area contributed by atoms with E-state index in [-0.39, 0.29) is 19.0 Å². The van der Waals surface area contributed by atoms with E-state index < -0.39 is 5.76 Å². The van der Waals surface area contributed by atoms with Gasteiger partial charge in [0, 0.05) is 5.56 Å². The van der Waals surface area contributed by atoms with Crippen LogP contribution in [0.5, 0.6) is 5.75 Å². The molecule has 0 spiro atoms. The van der Waals surface area contributed by atoms with Gasteiger partial charge in [0.2, 0.25) is 5.89 Å². The van der Waals surface area contributed by atoms with Gasteiger partial charge in [0.15, 0.2) is 11.6 Å². The number of benzene rings is 2. The van der Waals surface area contributed by atoms with Crippen molar-refractivity contribution < 1.29 is 18.4 Å². The van der Waals surface area contributed by atoms with Gasteiger partial charge in [-0.25, -0.2) is 9.78 Å². The van der Waals surface area contributed by atoms with E-state index in [0.717, 1.165) is 11.3 Å². The zero-order valence-electron chi connectivity index (χ0n) is 16.1. The molecule has 8 nitrogen and oxygen atoms in total. The number of aromatic amines is 1. The van der Waals surface area contributed by atoms with E-state index in [9.17, 15) is 4.79 Å². The Morgan fingerprint density at radius 3 is 2.67 bits per heavy atom. The summed E-state index contributed by atoms with van der Waals surface area (Å²) in [5.74, 6) is 1.24. The first-order chi connectivity index (χ1) is 14.6. The Bertz CT molecular complexity index is 1180. The summed E-state index contributed by atoms with van der Waals surface area (Å²) in [6.07, 6.45) is 0. The second-order valence-electron chi connectivity index (χ2n) is 6.47. The van der Waals surface area contributed by atoms with E-state index in [2.05, 4.69) is 19.6 Å². The molecular weight excluding hydrogens is 410 g/mol. The van der Waals surface area contributed by atoms with Crippen LogP contribution in [-0.4, -0.2) is 15.1 Å². The van der Waals surface area contributed by atoms with E-state index in [4.69, 9.17) is 25.5 Å². The topological polar surface area (TPSA) is 103 Å². The molecule has 0 saturated carbocycles. The first kappa shape index (κ1) is 19.9. The van der Waals surface area contributed by atoms with Crippen molar-refractivity contribution in [3.05, 3.63) is 87.0 Å². The number of aryl methyl sites for hydroxylation is 1. The van der Waals surface area contributed by atoms with Crippen LogP contribution in [0.1, 0.15) is 22.9 Å². The molecule has 4 rings (SSSR count). The van der Waals surface area contributed by atoms with Gasteiger partial charge in [-0.1, -0.05) is 47.1 Å². The summed E-state index contributed by atoms with van der Waals surface area (Å²) in [7, 11) is 0. The van der Waals surface area contributed by atoms with Crippen LogP contribution in [0.4, 0.5) is 0 Å². The largest absolute Gasteiger partial charge is 0.486 e. The van der Waals surface area contributed by atoms with Gasteiger partial charge in [-0.15, -0.1) is 0 Å². The monoisotopic (exact) mass is 427 g/mol. The Morgan fingerprint density at radius 1 is 1.10 bits per heavy atom. The quantitative estimate of drug-likeness (QED) is 0.447. The number of halogens is 1. The Balaban J connectivity index is 1.34. The molecule has 1 N–H and O–H groups in total. The third-order valence-corrected chi connectivity index (χ3v) is 4.59. The molecule has 0 aliphatic carbocycles. The second kappa shape index (κ2) is 8.98. The standard InChI is InChI=1S/C21H18ClN3O5/c1-13-18(29-19(23-13)12-27-10-14-5-3-2-4-6-14)11-28-15-7-8-16(17(22)9-15)20-24-21(26)30-25-20/h2-9H,10-12H2,1H3,(H,24,25,26). The molecule has 2 aromatic carbocycles. The van der Waals surface area contributed by atoms with Gasteiger partial charge in [0.25, 0.3) is 0 Å². The summed E-state index contributed by atoms with van der Waals surface area (Å²) in [5, 5.41) is 3.99. The highest BCUT2D eigenvalue weighted by Gasteiger charge is 2.13. The number of rotatable bonds is 8. The summed E-state index contributed by atoms with van der Waals surface area (Å²) in [5.41, 5.74) is 2.35. The van der Waals surface area contributed by atoms with Crippen molar-refractivity contribution in [3.8, 4) is 17.1 Å². The maximum Gasteiger partial charge on any atom is 0.439 e. The summed E-state index contributed by atoms with van der Waals surface area (Å²) in [4.78, 5) is 17.9. The van der Waals surface area contributed by atoms with Crippen molar-refractivity contribution in [3.63, 3.8) is 0 Å². The molecule has 154 valence electrons. The van der Waals surface area contributed by atoms with E-state index in [1.54, 1.807) is 18.2 Å². The van der Waals surface area contributed by atoms with Gasteiger partial charge in [-0.2, -0.15) is 0 Å². The molecular formula is C21H18ClN3O5. The van der Waals surface area contributed by atoms with Gasteiger partial charge in [-0.3, -0.25) is 9.51 Å². The van der Waals surface area contributed by atoms with Crippen molar-refractivity contribution in [2.75, 3.05) is 0 Å². The van der Waals surface area contributed by atoms with Crippen LogP contribution in [0.25, 0.3) is 11.4 Å². The lowest BCUT2D eigenvalue weighted by atomic mass is 10.2. The molecule has 0 amide bonds. The molecule has 0 radical (unpaired) electrons. The van der Waals surface area contributed by atoms with Gasteiger partial charge < -0.3 is 13.9 Å². The molecule has 2 aromatic heterocycles. The number of aromatic nitrogens is 3. The fourth-order valence-electron chi connectivity index (χ4n) is 2.79. The molecule has 9 heteroatoms. The Morgan fingerprint density at radius 2 is 1.93 bits per heavy atom. The first-order valence-corrected chi connectivity index (χ1v) is 9.52. The number of H-pyrrole nitrogens is 1. The molecule has 0 aliphatic heterocycles. The van der Waals surface area contributed by atoms with Crippen LogP contribution in [-0.2, 0) is 24.6 Å². The minimum absolute atomic E-state index is 0.188.